The summed E-state index contributed by atoms with van der Waals surface area (Å²) in [5.74, 6) is -0.347. The molecule has 4 aromatic rings. The van der Waals surface area contributed by atoms with Crippen molar-refractivity contribution in [3.63, 3.8) is 0 Å². The maximum atomic E-state index is 13.9. The van der Waals surface area contributed by atoms with Gasteiger partial charge in [0, 0.05) is 30.9 Å². The zero-order chi connectivity index (χ0) is 25.2. The summed E-state index contributed by atoms with van der Waals surface area (Å²) >= 11 is 0. The fraction of sp³-hybridized carbons (Fsp3) is 0.304. The van der Waals surface area contributed by atoms with Gasteiger partial charge in [0.1, 0.15) is 18.0 Å². The number of hydrogen-bond acceptors (Lipinski definition) is 10. The van der Waals surface area contributed by atoms with Gasteiger partial charge in [-0.25, -0.2) is 24.8 Å². The standard InChI is InChI=1S/C23H24FN9O3/c1-12-4-3-5-15(29-12)10-27-20-18-21(31-19(30-20)13-6-14(24)9-26-8-13)33(11-28-18)23-16(34)7-17(36-23)22(35)32-25-2/h3-6,8-9,11,16-17,23,25,34H,7,10H2,1-2H3,(H,32,35)(H,27,30,31)/t16-,17+,23-/m1/s1. The van der Waals surface area contributed by atoms with Gasteiger partial charge in [-0.2, -0.15) is 0 Å². The molecule has 0 aliphatic carbocycles. The molecule has 0 bridgehead atoms. The number of ether oxygens (including phenoxy) is 1. The average molecular weight is 494 g/mol. The highest BCUT2D eigenvalue weighted by molar-refractivity contribution is 5.85. The van der Waals surface area contributed by atoms with Crippen molar-refractivity contribution < 1.29 is 19.0 Å². The number of hydrogen-bond donors (Lipinski definition) is 4. The van der Waals surface area contributed by atoms with Gasteiger partial charge in [-0.05, 0) is 25.1 Å². The second-order valence-electron chi connectivity index (χ2n) is 8.29. The zero-order valence-corrected chi connectivity index (χ0v) is 19.5. The summed E-state index contributed by atoms with van der Waals surface area (Å²) in [4.78, 5) is 34.2. The molecule has 4 N–H and O–H groups in total. The number of halogens is 1. The van der Waals surface area contributed by atoms with Crippen LogP contribution < -0.4 is 16.2 Å². The number of carbonyl (C=O) groups excluding carboxylic acids is 1. The van der Waals surface area contributed by atoms with E-state index in [9.17, 15) is 14.3 Å². The van der Waals surface area contributed by atoms with Crippen LogP contribution in [0.1, 0.15) is 24.0 Å². The number of rotatable bonds is 7. The van der Waals surface area contributed by atoms with Gasteiger partial charge in [0.05, 0.1) is 24.8 Å². The first-order chi connectivity index (χ1) is 17.4. The predicted octanol–water partition coefficient (Wildman–Crippen LogP) is 1.24. The van der Waals surface area contributed by atoms with E-state index in [-0.39, 0.29) is 12.2 Å². The molecule has 1 saturated heterocycles. The number of aliphatic hydroxyl groups excluding tert-OH is 1. The van der Waals surface area contributed by atoms with Crippen LogP contribution in [0.25, 0.3) is 22.6 Å². The van der Waals surface area contributed by atoms with Crippen molar-refractivity contribution in [1.29, 1.82) is 0 Å². The summed E-state index contributed by atoms with van der Waals surface area (Å²) in [6.45, 7) is 2.26. The molecule has 0 saturated carbocycles. The molecule has 1 amide bonds. The Hall–Kier alpha value is -4.07. The van der Waals surface area contributed by atoms with Gasteiger partial charge >= 0.3 is 0 Å². The minimum absolute atomic E-state index is 0.0910. The summed E-state index contributed by atoms with van der Waals surface area (Å²) in [6, 6.07) is 6.97. The third kappa shape index (κ3) is 4.71. The fourth-order valence-corrected chi connectivity index (χ4v) is 4.04. The van der Waals surface area contributed by atoms with Gasteiger partial charge in [-0.15, -0.1) is 0 Å². The summed E-state index contributed by atoms with van der Waals surface area (Å²) in [5, 5.41) is 13.9. The van der Waals surface area contributed by atoms with Crippen LogP contribution >= 0.6 is 0 Å². The van der Waals surface area contributed by atoms with Crippen LogP contribution in [0.2, 0.25) is 0 Å². The van der Waals surface area contributed by atoms with Crippen LogP contribution in [-0.4, -0.2) is 59.8 Å². The Morgan fingerprint density at radius 3 is 2.92 bits per heavy atom. The second kappa shape index (κ2) is 9.89. The Balaban J connectivity index is 1.54. The summed E-state index contributed by atoms with van der Waals surface area (Å²) < 4.78 is 21.3. The number of hydrazine groups is 1. The summed E-state index contributed by atoms with van der Waals surface area (Å²) in [6.07, 6.45) is 1.33. The van der Waals surface area contributed by atoms with Crippen LogP contribution in [0.15, 0.2) is 43.0 Å². The zero-order valence-electron chi connectivity index (χ0n) is 19.5. The molecule has 0 spiro atoms. The van der Waals surface area contributed by atoms with Crippen molar-refractivity contribution in [2.24, 2.45) is 0 Å². The monoisotopic (exact) mass is 493 g/mol. The van der Waals surface area contributed by atoms with E-state index in [4.69, 9.17) is 4.74 Å². The first-order valence-electron chi connectivity index (χ1n) is 11.2. The van der Waals surface area contributed by atoms with E-state index in [2.05, 4.69) is 41.1 Å². The molecule has 0 radical (unpaired) electrons. The largest absolute Gasteiger partial charge is 0.388 e. The second-order valence-corrected chi connectivity index (χ2v) is 8.29. The van der Waals surface area contributed by atoms with Crippen molar-refractivity contribution in [2.75, 3.05) is 12.4 Å². The van der Waals surface area contributed by atoms with Gasteiger partial charge in [0.15, 0.2) is 29.0 Å². The molecule has 1 aliphatic heterocycles. The number of carbonyl (C=O) groups is 1. The van der Waals surface area contributed by atoms with Crippen molar-refractivity contribution >= 4 is 22.9 Å². The van der Waals surface area contributed by atoms with Gasteiger partial charge in [-0.3, -0.25) is 24.8 Å². The van der Waals surface area contributed by atoms with Crippen LogP contribution in [0.5, 0.6) is 0 Å². The Bertz CT molecular complexity index is 1410. The SMILES string of the molecule is CNNC(=O)[C@@H]1C[C@@H](O)[C@H](n2cnc3c(NCc4cccc(C)n4)nc(-c4cncc(F)c4)nc32)O1. The molecular weight excluding hydrogens is 469 g/mol. The number of aliphatic hydroxyl groups is 1. The molecule has 3 atom stereocenters. The van der Waals surface area contributed by atoms with Crippen LogP contribution in [-0.2, 0) is 16.1 Å². The van der Waals surface area contributed by atoms with Crippen molar-refractivity contribution in [3.05, 3.63) is 60.2 Å². The fourth-order valence-electron chi connectivity index (χ4n) is 4.04. The molecule has 186 valence electrons. The lowest BCUT2D eigenvalue weighted by Gasteiger charge is -2.17. The number of aryl methyl sites for hydroxylation is 1. The Kier molecular flexibility index (Phi) is 6.50. The van der Waals surface area contributed by atoms with Crippen LogP contribution in [0, 0.1) is 12.7 Å². The molecule has 13 heteroatoms. The van der Waals surface area contributed by atoms with E-state index in [0.29, 0.717) is 29.1 Å². The number of imidazole rings is 1. The normalized spacial score (nSPS) is 19.5. The van der Waals surface area contributed by atoms with E-state index >= 15 is 0 Å². The van der Waals surface area contributed by atoms with E-state index in [1.54, 1.807) is 11.6 Å². The first kappa shape index (κ1) is 23.7. The van der Waals surface area contributed by atoms with Gasteiger partial charge in [0.25, 0.3) is 5.91 Å². The molecule has 4 aromatic heterocycles. The average Bonchev–Trinajstić information content (AvgIpc) is 3.46. The van der Waals surface area contributed by atoms with Crippen LogP contribution in [0.4, 0.5) is 10.2 Å². The lowest BCUT2D eigenvalue weighted by atomic mass is 10.2. The van der Waals surface area contributed by atoms with E-state index in [1.807, 2.05) is 25.1 Å². The summed E-state index contributed by atoms with van der Waals surface area (Å²) in [5.41, 5.74) is 7.80. The molecular formula is C23H24FN9O3. The smallest absolute Gasteiger partial charge is 0.263 e. The third-order valence-corrected chi connectivity index (χ3v) is 5.67. The molecule has 1 fully saturated rings. The lowest BCUT2D eigenvalue weighted by Crippen LogP contribution is -2.41. The number of amides is 1. The highest BCUT2D eigenvalue weighted by Crippen LogP contribution is 2.33. The Labute approximate surface area is 205 Å². The third-order valence-electron chi connectivity index (χ3n) is 5.67. The molecule has 36 heavy (non-hydrogen) atoms. The molecule has 1 aliphatic rings. The topological polar surface area (TPSA) is 152 Å². The Morgan fingerprint density at radius 2 is 2.14 bits per heavy atom. The van der Waals surface area contributed by atoms with Crippen molar-refractivity contribution in [1.82, 2.24) is 40.3 Å². The van der Waals surface area contributed by atoms with Crippen molar-refractivity contribution in [2.45, 2.75) is 38.3 Å². The molecule has 12 nitrogen and oxygen atoms in total. The molecule has 0 aromatic carbocycles. The number of nitrogens with one attached hydrogen (secondary N) is 3. The highest BCUT2D eigenvalue weighted by Gasteiger charge is 2.40. The van der Waals surface area contributed by atoms with Gasteiger partial charge < -0.3 is 15.2 Å². The minimum Gasteiger partial charge on any atom is -0.388 e. The Morgan fingerprint density at radius 1 is 1.28 bits per heavy atom. The maximum Gasteiger partial charge on any atom is 0.263 e. The number of pyridine rings is 2. The summed E-state index contributed by atoms with van der Waals surface area (Å²) in [7, 11) is 1.56. The number of aromatic nitrogens is 6. The maximum absolute atomic E-state index is 13.9. The first-order valence-corrected chi connectivity index (χ1v) is 11.2. The lowest BCUT2D eigenvalue weighted by molar-refractivity contribution is -0.135. The number of fused-ring (bicyclic) bond motifs is 1. The van der Waals surface area contributed by atoms with Crippen molar-refractivity contribution in [3.8, 4) is 11.4 Å². The number of nitrogens with zero attached hydrogens (tertiary/aromatic N) is 6. The van der Waals surface area contributed by atoms with E-state index < -0.39 is 30.2 Å². The van der Waals surface area contributed by atoms with Gasteiger partial charge in [0.2, 0.25) is 0 Å². The molecule has 5 heterocycles. The van der Waals surface area contributed by atoms with E-state index in [1.165, 1.54) is 18.6 Å². The molecule has 5 rings (SSSR count). The van der Waals surface area contributed by atoms with E-state index in [0.717, 1.165) is 17.6 Å². The van der Waals surface area contributed by atoms with Gasteiger partial charge in [-0.1, -0.05) is 6.07 Å². The molecule has 0 unspecified atom stereocenters. The quantitative estimate of drug-likeness (QED) is 0.277. The number of anilines is 1. The highest BCUT2D eigenvalue weighted by atomic mass is 19.1. The predicted molar refractivity (Wildman–Crippen MR) is 127 cm³/mol. The van der Waals surface area contributed by atoms with Crippen LogP contribution in [0.3, 0.4) is 0 Å². The minimum atomic E-state index is -0.989.